The number of aromatic nitrogens is 2. The number of carbonyl (C=O) groups excluding carboxylic acids is 1. The van der Waals surface area contributed by atoms with Gasteiger partial charge in [0.15, 0.2) is 10.6 Å². The highest BCUT2D eigenvalue weighted by Gasteiger charge is 2.15. The highest BCUT2D eigenvalue weighted by Crippen LogP contribution is 2.24. The largest absolute Gasteiger partial charge is 0.611 e. The average molecular weight is 544 g/mol. The highest BCUT2D eigenvalue weighted by atomic mass is 32.2. The molecule has 0 bridgehead atoms. The van der Waals surface area contributed by atoms with E-state index in [0.29, 0.717) is 29.5 Å². The first-order valence-electron chi connectivity index (χ1n) is 12.8. The molecule has 0 unspecified atom stereocenters. The molecule has 1 N–H and O–H groups in total. The van der Waals surface area contributed by atoms with Crippen LogP contribution in [0.15, 0.2) is 96.3 Å². The van der Waals surface area contributed by atoms with Crippen molar-refractivity contribution in [3.05, 3.63) is 103 Å². The maximum Gasteiger partial charge on any atom is 0.248 e. The van der Waals surface area contributed by atoms with E-state index in [1.165, 1.54) is 6.08 Å². The maximum absolute atomic E-state index is 12.8. The molecule has 4 rings (SSSR count). The number of imidazole rings is 1. The van der Waals surface area contributed by atoms with Crippen LogP contribution in [-0.2, 0) is 33.0 Å². The van der Waals surface area contributed by atoms with Crippen LogP contribution in [0.5, 0.6) is 5.75 Å². The van der Waals surface area contributed by atoms with Crippen LogP contribution in [0.4, 0.5) is 5.69 Å². The monoisotopic (exact) mass is 543 g/mol. The van der Waals surface area contributed by atoms with Crippen LogP contribution in [0.25, 0.3) is 17.2 Å². The van der Waals surface area contributed by atoms with Crippen LogP contribution >= 0.6 is 0 Å². The lowest BCUT2D eigenvalue weighted by Crippen LogP contribution is -2.11. The lowest BCUT2D eigenvalue weighted by atomic mass is 10.0. The van der Waals surface area contributed by atoms with Crippen LogP contribution in [0, 0.1) is 0 Å². The zero-order valence-electron chi connectivity index (χ0n) is 22.2. The predicted molar refractivity (Wildman–Crippen MR) is 156 cm³/mol. The molecule has 7 nitrogen and oxygen atoms in total. The Hall–Kier alpha value is -3.85. The van der Waals surface area contributed by atoms with E-state index >= 15 is 0 Å². The van der Waals surface area contributed by atoms with Gasteiger partial charge in [0.2, 0.25) is 5.91 Å². The molecule has 0 fully saturated rings. The lowest BCUT2D eigenvalue weighted by molar-refractivity contribution is -0.111. The Kier molecular flexibility index (Phi) is 10.4. The van der Waals surface area contributed by atoms with Gasteiger partial charge in [0.1, 0.15) is 12.4 Å². The van der Waals surface area contributed by atoms with Crippen LogP contribution in [-0.4, -0.2) is 40.3 Å². The molecule has 1 atom stereocenters. The molecule has 39 heavy (non-hydrogen) atoms. The van der Waals surface area contributed by atoms with Crippen molar-refractivity contribution in [1.82, 2.24) is 9.55 Å². The minimum absolute atomic E-state index is 0.240. The van der Waals surface area contributed by atoms with Crippen molar-refractivity contribution in [2.75, 3.05) is 25.6 Å². The zero-order valence-corrected chi connectivity index (χ0v) is 23.0. The van der Waals surface area contributed by atoms with Gasteiger partial charge in [-0.2, -0.15) is 0 Å². The summed E-state index contributed by atoms with van der Waals surface area (Å²) in [4.78, 5) is 17.4. The molecule has 1 heterocycles. The molecule has 0 spiro atoms. The zero-order chi connectivity index (χ0) is 27.5. The Morgan fingerprint density at radius 3 is 2.59 bits per heavy atom. The number of rotatable bonds is 13. The molecule has 1 aromatic heterocycles. The van der Waals surface area contributed by atoms with Gasteiger partial charge < -0.3 is 23.9 Å². The second kappa shape index (κ2) is 14.3. The molecule has 0 aliphatic rings. The van der Waals surface area contributed by atoms with Gasteiger partial charge in [-0.05, 0) is 82.8 Å². The summed E-state index contributed by atoms with van der Waals surface area (Å²) in [5.74, 6) is 0.956. The minimum atomic E-state index is -1.20. The minimum Gasteiger partial charge on any atom is -0.611 e. The molecule has 4 aromatic rings. The van der Waals surface area contributed by atoms with Crippen molar-refractivity contribution >= 4 is 28.8 Å². The Balaban J connectivity index is 1.32. The number of hydrogen-bond acceptors (Lipinski definition) is 5. The quantitative estimate of drug-likeness (QED) is 0.128. The summed E-state index contributed by atoms with van der Waals surface area (Å²) in [5.41, 5.74) is 4.60. The number of methoxy groups -OCH3 is 1. The molecule has 3 aromatic carbocycles. The van der Waals surface area contributed by atoms with Crippen molar-refractivity contribution in [3.63, 3.8) is 0 Å². The average Bonchev–Trinajstić information content (AvgIpc) is 3.39. The SMILES string of the molecule is CCCn1cncc1C[S@@+]([O-])c1ccc(NC(=O)/C=C/c2cccc(-c3ccc(OCCOC)cc3)c2)cc1. The molecule has 0 aliphatic carbocycles. The van der Waals surface area contributed by atoms with Gasteiger partial charge in [0.05, 0.1) is 24.8 Å². The third kappa shape index (κ3) is 8.32. The molecule has 0 saturated carbocycles. The smallest absolute Gasteiger partial charge is 0.248 e. The van der Waals surface area contributed by atoms with E-state index in [9.17, 15) is 9.35 Å². The molecule has 0 aliphatic heterocycles. The summed E-state index contributed by atoms with van der Waals surface area (Å²) < 4.78 is 25.5. The number of nitrogens with zero attached hydrogens (tertiary/aromatic N) is 2. The normalized spacial score (nSPS) is 12.0. The van der Waals surface area contributed by atoms with Crippen molar-refractivity contribution in [1.29, 1.82) is 0 Å². The number of amides is 1. The predicted octanol–water partition coefficient (Wildman–Crippen LogP) is 5.95. The molecule has 202 valence electrons. The highest BCUT2D eigenvalue weighted by molar-refractivity contribution is 7.90. The van der Waals surface area contributed by atoms with E-state index < -0.39 is 11.2 Å². The first-order chi connectivity index (χ1) is 19.1. The van der Waals surface area contributed by atoms with Crippen molar-refractivity contribution in [2.24, 2.45) is 0 Å². The molecule has 0 saturated heterocycles. The number of nitrogens with one attached hydrogen (secondary N) is 1. The first kappa shape index (κ1) is 28.2. The van der Waals surface area contributed by atoms with E-state index in [4.69, 9.17) is 9.47 Å². The van der Waals surface area contributed by atoms with Gasteiger partial charge in [-0.3, -0.25) is 4.79 Å². The van der Waals surface area contributed by atoms with E-state index in [1.807, 2.05) is 53.1 Å². The molecular formula is C31H33N3O4S. The van der Waals surface area contributed by atoms with Gasteiger partial charge in [-0.15, -0.1) is 0 Å². The summed E-state index contributed by atoms with van der Waals surface area (Å²) in [6, 6.07) is 23.0. The van der Waals surface area contributed by atoms with E-state index in [0.717, 1.165) is 41.1 Å². The van der Waals surface area contributed by atoms with Crippen LogP contribution in [0.1, 0.15) is 24.6 Å². The number of anilines is 1. The number of hydrogen-bond donors (Lipinski definition) is 1. The first-order valence-corrected chi connectivity index (χ1v) is 14.2. The van der Waals surface area contributed by atoms with E-state index in [-0.39, 0.29) is 5.91 Å². The second-order valence-corrected chi connectivity index (χ2v) is 10.4. The van der Waals surface area contributed by atoms with Crippen molar-refractivity contribution < 1.29 is 18.8 Å². The summed E-state index contributed by atoms with van der Waals surface area (Å²) >= 11 is -1.20. The van der Waals surface area contributed by atoms with Crippen molar-refractivity contribution in [3.8, 4) is 16.9 Å². The van der Waals surface area contributed by atoms with E-state index in [1.54, 1.807) is 50.0 Å². The number of ether oxygens (including phenoxy) is 2. The van der Waals surface area contributed by atoms with Gasteiger partial charge >= 0.3 is 0 Å². The Morgan fingerprint density at radius 2 is 1.85 bits per heavy atom. The standard InChI is InChI=1S/C31H33N3O4S/c1-3-17-34-23-32-21-28(34)22-39(36)30-14-10-27(11-15-30)33-31(35)16-7-24-5-4-6-26(20-24)25-8-12-29(13-9-25)38-19-18-37-2/h4-16,20-21,23H,3,17-19,22H2,1-2H3,(H,33,35)/b16-7+/t39-/m1/s1. The van der Waals surface area contributed by atoms with Gasteiger partial charge in [-0.25, -0.2) is 4.98 Å². The summed E-state index contributed by atoms with van der Waals surface area (Å²) in [6.07, 6.45) is 7.82. The third-order valence-corrected chi connectivity index (χ3v) is 7.34. The van der Waals surface area contributed by atoms with Gasteiger partial charge in [0, 0.05) is 25.4 Å². The Morgan fingerprint density at radius 1 is 1.05 bits per heavy atom. The fraction of sp³-hybridized carbons (Fsp3) is 0.226. The molecular weight excluding hydrogens is 510 g/mol. The third-order valence-electron chi connectivity index (χ3n) is 5.98. The fourth-order valence-electron chi connectivity index (χ4n) is 3.98. The second-order valence-electron chi connectivity index (χ2n) is 8.91. The lowest BCUT2D eigenvalue weighted by Gasteiger charge is -2.12. The van der Waals surface area contributed by atoms with Gasteiger partial charge in [-0.1, -0.05) is 37.3 Å². The molecule has 1 amide bonds. The number of carbonyl (C=O) groups is 1. The van der Waals surface area contributed by atoms with Crippen LogP contribution in [0.3, 0.4) is 0 Å². The van der Waals surface area contributed by atoms with Crippen molar-refractivity contribution in [2.45, 2.75) is 30.5 Å². The van der Waals surface area contributed by atoms with E-state index in [2.05, 4.69) is 17.2 Å². The number of aryl methyl sites for hydroxylation is 1. The molecule has 8 heteroatoms. The summed E-state index contributed by atoms with van der Waals surface area (Å²) in [7, 11) is 1.65. The molecule has 0 radical (unpaired) electrons. The van der Waals surface area contributed by atoms with Crippen LogP contribution in [0.2, 0.25) is 0 Å². The topological polar surface area (TPSA) is 88.4 Å². The van der Waals surface area contributed by atoms with Crippen LogP contribution < -0.4 is 10.1 Å². The maximum atomic E-state index is 12.8. The fourth-order valence-corrected chi connectivity index (χ4v) is 5.10. The summed E-state index contributed by atoms with van der Waals surface area (Å²) in [5, 5.41) is 2.86. The number of benzene rings is 3. The summed E-state index contributed by atoms with van der Waals surface area (Å²) in [6.45, 7) is 4.01. The Bertz CT molecular complexity index is 1370. The Labute approximate surface area is 232 Å². The van der Waals surface area contributed by atoms with Gasteiger partial charge in [0.25, 0.3) is 0 Å².